The number of benzene rings is 2. The predicted octanol–water partition coefficient (Wildman–Crippen LogP) is 7.10. The smallest absolute Gasteiger partial charge is 0.309 e. The first-order valence-corrected chi connectivity index (χ1v) is 14.2. The molecule has 2 aliphatic rings. The zero-order chi connectivity index (χ0) is 28.4. The van der Waals surface area contributed by atoms with Crippen molar-refractivity contribution in [3.8, 4) is 28.8 Å². The molecule has 6 nitrogen and oxygen atoms in total. The maximum Gasteiger partial charge on any atom is 0.309 e. The number of rotatable bonds is 11. The van der Waals surface area contributed by atoms with Gasteiger partial charge in [0.05, 0.1) is 30.6 Å². The van der Waals surface area contributed by atoms with Crippen molar-refractivity contribution in [2.24, 2.45) is 17.3 Å². The van der Waals surface area contributed by atoms with Crippen LogP contribution in [-0.2, 0) is 22.6 Å². The van der Waals surface area contributed by atoms with E-state index in [1.165, 1.54) is 16.7 Å². The third kappa shape index (κ3) is 5.84. The van der Waals surface area contributed by atoms with E-state index in [0.29, 0.717) is 31.6 Å². The van der Waals surface area contributed by atoms with Crippen molar-refractivity contribution in [3.63, 3.8) is 0 Å². The van der Waals surface area contributed by atoms with Gasteiger partial charge in [-0.25, -0.2) is 4.98 Å². The van der Waals surface area contributed by atoms with E-state index in [-0.39, 0.29) is 23.2 Å². The molecule has 3 atom stereocenters. The van der Waals surface area contributed by atoms with Gasteiger partial charge < -0.3 is 14.2 Å². The number of aromatic nitrogens is 1. The minimum absolute atomic E-state index is 0.00173. The Morgan fingerprint density at radius 3 is 2.62 bits per heavy atom. The van der Waals surface area contributed by atoms with E-state index < -0.39 is 0 Å². The number of hydrogen-bond donors (Lipinski definition) is 0. The third-order valence-corrected chi connectivity index (χ3v) is 8.17. The van der Waals surface area contributed by atoms with Crippen molar-refractivity contribution < 1.29 is 19.0 Å². The molecule has 0 bridgehead atoms. The Bertz CT molecular complexity index is 1430. The molecule has 0 saturated heterocycles. The Balaban J connectivity index is 1.20. The van der Waals surface area contributed by atoms with Crippen LogP contribution in [0.5, 0.6) is 11.6 Å². The van der Waals surface area contributed by atoms with E-state index in [1.54, 1.807) is 0 Å². The molecule has 1 heterocycles. The normalized spacial score (nSPS) is 18.9. The molecule has 5 rings (SSSR count). The summed E-state index contributed by atoms with van der Waals surface area (Å²) in [7, 11) is 0. The van der Waals surface area contributed by atoms with Crippen LogP contribution in [0.25, 0.3) is 11.1 Å². The Kier molecular flexibility index (Phi) is 7.85. The molecule has 1 saturated carbocycles. The number of pyridine rings is 1. The van der Waals surface area contributed by atoms with Crippen molar-refractivity contribution in [2.45, 2.75) is 66.4 Å². The molecule has 2 aliphatic carbocycles. The first-order valence-electron chi connectivity index (χ1n) is 14.2. The zero-order valence-electron chi connectivity index (χ0n) is 24.1. The first kappa shape index (κ1) is 27.7. The molecular weight excluding hydrogens is 500 g/mol. The summed E-state index contributed by atoms with van der Waals surface area (Å²) in [6.45, 7) is 11.5. The standard InChI is InChI=1S/C34H38N2O4/c1-6-38-33(37)32-27-16-25-17-29(36-18-28(25)31(27)32)40-19-23-9-7-10-24(15-23)30-21(2)13-26(14-22(30)3)39-12-8-11-34(4,5)20-35/h7,9-10,13-15,17-18,27,31-32H,6,8,11-12,16,19H2,1-5H3/t27-,31+,32+/m1/s1. The number of nitrogens with zero attached hydrogens (tertiary/aromatic N) is 2. The molecule has 3 aromatic rings. The van der Waals surface area contributed by atoms with Crippen LogP contribution >= 0.6 is 0 Å². The van der Waals surface area contributed by atoms with Crippen molar-refractivity contribution in [1.82, 2.24) is 4.98 Å². The number of carbonyl (C=O) groups is 1. The van der Waals surface area contributed by atoms with Gasteiger partial charge in [0.1, 0.15) is 12.4 Å². The molecule has 208 valence electrons. The van der Waals surface area contributed by atoms with Crippen molar-refractivity contribution in [2.75, 3.05) is 13.2 Å². The van der Waals surface area contributed by atoms with Crippen LogP contribution in [0.3, 0.4) is 0 Å². The van der Waals surface area contributed by atoms with Crippen LogP contribution in [0.15, 0.2) is 48.7 Å². The van der Waals surface area contributed by atoms with Gasteiger partial charge in [0.2, 0.25) is 5.88 Å². The van der Waals surface area contributed by atoms with Gasteiger partial charge in [-0.15, -0.1) is 0 Å². The summed E-state index contributed by atoms with van der Waals surface area (Å²) in [6, 6.07) is 17.0. The fraction of sp³-hybridized carbons (Fsp3) is 0.441. The van der Waals surface area contributed by atoms with Gasteiger partial charge in [-0.05, 0) is 117 Å². The lowest BCUT2D eigenvalue weighted by atomic mass is 9.90. The molecule has 1 aromatic heterocycles. The lowest BCUT2D eigenvalue weighted by molar-refractivity contribution is -0.145. The van der Waals surface area contributed by atoms with Crippen molar-refractivity contribution >= 4 is 5.97 Å². The maximum atomic E-state index is 12.2. The topological polar surface area (TPSA) is 81.4 Å². The number of fused-ring (bicyclic) bond motifs is 3. The molecule has 0 amide bonds. The predicted molar refractivity (Wildman–Crippen MR) is 154 cm³/mol. The summed E-state index contributed by atoms with van der Waals surface area (Å²) in [5, 5.41) is 9.20. The highest BCUT2D eigenvalue weighted by molar-refractivity contribution is 5.79. The second kappa shape index (κ2) is 11.3. The zero-order valence-corrected chi connectivity index (χ0v) is 24.1. The van der Waals surface area contributed by atoms with E-state index in [0.717, 1.165) is 47.3 Å². The molecule has 0 aliphatic heterocycles. The van der Waals surface area contributed by atoms with Gasteiger partial charge in [-0.3, -0.25) is 4.79 Å². The third-order valence-electron chi connectivity index (χ3n) is 8.17. The number of aryl methyl sites for hydroxylation is 2. The van der Waals surface area contributed by atoms with E-state index in [4.69, 9.17) is 14.2 Å². The molecule has 0 unspecified atom stereocenters. The van der Waals surface area contributed by atoms with Crippen LogP contribution in [0.1, 0.15) is 67.3 Å². The molecule has 40 heavy (non-hydrogen) atoms. The second-order valence-corrected chi connectivity index (χ2v) is 11.8. The maximum absolute atomic E-state index is 12.2. The lowest BCUT2D eigenvalue weighted by Crippen LogP contribution is -2.11. The average molecular weight is 539 g/mol. The Hall–Kier alpha value is -3.85. The summed E-state index contributed by atoms with van der Waals surface area (Å²) in [4.78, 5) is 16.7. The van der Waals surface area contributed by atoms with Gasteiger partial charge in [0.15, 0.2) is 0 Å². The van der Waals surface area contributed by atoms with Gasteiger partial charge in [-0.1, -0.05) is 18.2 Å². The van der Waals surface area contributed by atoms with Crippen LogP contribution in [0.2, 0.25) is 0 Å². The molecule has 1 fully saturated rings. The van der Waals surface area contributed by atoms with Crippen molar-refractivity contribution in [1.29, 1.82) is 5.26 Å². The highest BCUT2D eigenvalue weighted by Gasteiger charge is 2.60. The first-order chi connectivity index (χ1) is 19.2. The Morgan fingerprint density at radius 1 is 1.12 bits per heavy atom. The van der Waals surface area contributed by atoms with Crippen molar-refractivity contribution in [3.05, 3.63) is 76.5 Å². The Labute approximate surface area is 237 Å². The minimum Gasteiger partial charge on any atom is -0.494 e. The molecule has 0 N–H and O–H groups in total. The van der Waals surface area contributed by atoms with E-state index >= 15 is 0 Å². The van der Waals surface area contributed by atoms with Gasteiger partial charge in [-0.2, -0.15) is 5.26 Å². The summed E-state index contributed by atoms with van der Waals surface area (Å²) in [5.74, 6) is 2.00. The van der Waals surface area contributed by atoms with Gasteiger partial charge >= 0.3 is 5.97 Å². The second-order valence-electron chi connectivity index (χ2n) is 11.8. The molecule has 6 heteroatoms. The molecule has 0 radical (unpaired) electrons. The van der Waals surface area contributed by atoms with Gasteiger partial charge in [0, 0.05) is 18.2 Å². The molecule has 2 aromatic carbocycles. The fourth-order valence-electron chi connectivity index (χ4n) is 6.10. The Morgan fingerprint density at radius 2 is 1.90 bits per heavy atom. The van der Waals surface area contributed by atoms with E-state index in [9.17, 15) is 10.1 Å². The largest absolute Gasteiger partial charge is 0.494 e. The highest BCUT2D eigenvalue weighted by atomic mass is 16.5. The minimum atomic E-state index is -0.320. The van der Waals surface area contributed by atoms with Crippen LogP contribution in [0.4, 0.5) is 0 Å². The van der Waals surface area contributed by atoms with Crippen LogP contribution in [-0.4, -0.2) is 24.2 Å². The number of nitriles is 1. The fourth-order valence-corrected chi connectivity index (χ4v) is 6.10. The lowest BCUT2D eigenvalue weighted by Gasteiger charge is -2.17. The highest BCUT2D eigenvalue weighted by Crippen LogP contribution is 2.61. The van der Waals surface area contributed by atoms with Crippen LogP contribution in [0, 0.1) is 42.4 Å². The molecule has 0 spiro atoms. The number of hydrogen-bond acceptors (Lipinski definition) is 6. The SMILES string of the molecule is CCOC(=O)[C@H]1[C@@H]2Cc3cc(OCc4cccc(-c5c(C)cc(OCCCC(C)(C)C#N)cc5C)c4)ncc3[C@H]21. The number of ether oxygens (including phenoxy) is 3. The summed E-state index contributed by atoms with van der Waals surface area (Å²) >= 11 is 0. The number of esters is 1. The quantitative estimate of drug-likeness (QED) is 0.191. The van der Waals surface area contributed by atoms with E-state index in [1.807, 2.05) is 33.0 Å². The summed E-state index contributed by atoms with van der Waals surface area (Å²) in [5.41, 5.74) is 7.81. The number of carbonyl (C=O) groups excluding carboxylic acids is 1. The summed E-state index contributed by atoms with van der Waals surface area (Å²) in [6.07, 6.45) is 4.42. The average Bonchev–Trinajstić information content (AvgIpc) is 3.51. The molecular formula is C34H38N2O4. The van der Waals surface area contributed by atoms with Gasteiger partial charge in [0.25, 0.3) is 0 Å². The summed E-state index contributed by atoms with van der Waals surface area (Å²) < 4.78 is 17.3. The van der Waals surface area contributed by atoms with E-state index in [2.05, 4.69) is 61.3 Å². The van der Waals surface area contributed by atoms with Crippen LogP contribution < -0.4 is 9.47 Å². The monoisotopic (exact) mass is 538 g/mol.